The minimum atomic E-state index is -4.27. The topological polar surface area (TPSA) is 105 Å². The van der Waals surface area contributed by atoms with Crippen molar-refractivity contribution in [2.45, 2.75) is 83.8 Å². The molecule has 3 unspecified atom stereocenters. The molecule has 0 spiro atoms. The number of quaternary nitrogens is 1. The number of carbonyl (C=O) groups excluding carboxylic acids is 1. The van der Waals surface area contributed by atoms with Crippen LogP contribution in [0.1, 0.15) is 71.6 Å². The fourth-order valence-electron chi connectivity index (χ4n) is 2.89. The molecule has 0 aromatic rings. The molecule has 0 saturated carbocycles. The van der Waals surface area contributed by atoms with E-state index in [0.717, 1.165) is 19.3 Å². The number of nitrogens with one attached hydrogen (secondary N) is 1. The van der Waals surface area contributed by atoms with E-state index in [1.54, 1.807) is 6.08 Å². The standard InChI is InChI=1S/C22H45N2O6P/c1-6-7-8-9-10-11-12-13-14-15-16-22(26)21(23-20(2)25)19-30-31(27,28)29-18-17-24(3,4)5/h15-16,21-22,26H,6-14,17-19H2,1-5H3,(H-,23,25,27,28)/p+1/b16-15+. The maximum absolute atomic E-state index is 12.0. The molecule has 0 fully saturated rings. The minimum absolute atomic E-state index is 0.0587. The van der Waals surface area contributed by atoms with Crippen LogP contribution in [-0.4, -0.2) is 73.4 Å². The van der Waals surface area contributed by atoms with Crippen LogP contribution in [0.3, 0.4) is 0 Å². The Hall–Kier alpha value is -0.760. The first-order chi connectivity index (χ1) is 14.5. The van der Waals surface area contributed by atoms with E-state index in [0.29, 0.717) is 11.0 Å². The quantitative estimate of drug-likeness (QED) is 0.116. The van der Waals surface area contributed by atoms with Gasteiger partial charge in [0.1, 0.15) is 13.2 Å². The van der Waals surface area contributed by atoms with E-state index in [-0.39, 0.29) is 19.1 Å². The fourth-order valence-corrected chi connectivity index (χ4v) is 3.63. The molecule has 0 aromatic heterocycles. The highest BCUT2D eigenvalue weighted by atomic mass is 31.2. The third-order valence-electron chi connectivity index (χ3n) is 4.79. The van der Waals surface area contributed by atoms with Crippen LogP contribution >= 0.6 is 7.82 Å². The fraction of sp³-hybridized carbons (Fsp3) is 0.864. The summed E-state index contributed by atoms with van der Waals surface area (Å²) in [6.07, 6.45) is 13.2. The summed E-state index contributed by atoms with van der Waals surface area (Å²) >= 11 is 0. The number of unbranched alkanes of at least 4 members (excludes halogenated alkanes) is 8. The summed E-state index contributed by atoms with van der Waals surface area (Å²) in [6.45, 7) is 3.80. The summed E-state index contributed by atoms with van der Waals surface area (Å²) in [5, 5.41) is 12.9. The van der Waals surface area contributed by atoms with Crippen molar-refractivity contribution in [3.63, 3.8) is 0 Å². The van der Waals surface area contributed by atoms with Crippen LogP contribution < -0.4 is 5.32 Å². The summed E-state index contributed by atoms with van der Waals surface area (Å²) in [5.74, 6) is -0.358. The predicted molar refractivity (Wildman–Crippen MR) is 125 cm³/mol. The minimum Gasteiger partial charge on any atom is -0.387 e. The molecule has 0 heterocycles. The van der Waals surface area contributed by atoms with Crippen LogP contribution in [0.15, 0.2) is 12.2 Å². The van der Waals surface area contributed by atoms with Crippen molar-refractivity contribution in [1.82, 2.24) is 5.32 Å². The monoisotopic (exact) mass is 465 g/mol. The highest BCUT2D eigenvalue weighted by Gasteiger charge is 2.27. The van der Waals surface area contributed by atoms with Gasteiger partial charge in [-0.05, 0) is 12.8 Å². The van der Waals surface area contributed by atoms with E-state index >= 15 is 0 Å². The van der Waals surface area contributed by atoms with Crippen LogP contribution in [0.5, 0.6) is 0 Å². The number of phosphoric acid groups is 1. The van der Waals surface area contributed by atoms with Gasteiger partial charge in [-0.2, -0.15) is 0 Å². The molecule has 1 amide bonds. The molecule has 0 bridgehead atoms. The third-order valence-corrected chi connectivity index (χ3v) is 5.78. The SMILES string of the molecule is CCCCCCCCCC/C=C/C(O)C(COP(=O)(O)OCC[N+](C)(C)C)NC(C)=O. The first kappa shape index (κ1) is 30.2. The molecular weight excluding hydrogens is 419 g/mol. The number of nitrogens with zero attached hydrogens (tertiary/aromatic N) is 1. The number of rotatable bonds is 19. The molecule has 8 nitrogen and oxygen atoms in total. The van der Waals surface area contributed by atoms with Gasteiger partial charge < -0.3 is 19.8 Å². The largest absolute Gasteiger partial charge is 0.472 e. The van der Waals surface area contributed by atoms with Gasteiger partial charge in [0.15, 0.2) is 0 Å². The van der Waals surface area contributed by atoms with Crippen molar-refractivity contribution in [1.29, 1.82) is 0 Å². The van der Waals surface area contributed by atoms with Crippen molar-refractivity contribution in [2.24, 2.45) is 0 Å². The molecule has 0 aliphatic carbocycles. The number of aliphatic hydroxyl groups excluding tert-OH is 1. The van der Waals surface area contributed by atoms with Crippen LogP contribution in [0.4, 0.5) is 0 Å². The molecule has 0 saturated heterocycles. The molecule has 0 aliphatic rings. The zero-order chi connectivity index (χ0) is 23.8. The highest BCUT2D eigenvalue weighted by molar-refractivity contribution is 7.47. The van der Waals surface area contributed by atoms with Crippen LogP contribution in [0.25, 0.3) is 0 Å². The zero-order valence-electron chi connectivity index (χ0n) is 20.2. The molecule has 9 heteroatoms. The van der Waals surface area contributed by atoms with Gasteiger partial charge in [0, 0.05) is 6.92 Å². The molecular formula is C22H46N2O6P+. The smallest absolute Gasteiger partial charge is 0.387 e. The summed E-state index contributed by atoms with van der Waals surface area (Å²) in [6, 6.07) is -0.838. The Morgan fingerprint density at radius 3 is 2.19 bits per heavy atom. The third kappa shape index (κ3) is 19.6. The molecule has 0 aliphatic heterocycles. The Kier molecular flexibility index (Phi) is 16.4. The van der Waals surface area contributed by atoms with E-state index in [4.69, 9.17) is 9.05 Å². The van der Waals surface area contributed by atoms with E-state index in [2.05, 4.69) is 12.2 Å². The van der Waals surface area contributed by atoms with Gasteiger partial charge in [-0.15, -0.1) is 0 Å². The van der Waals surface area contributed by atoms with Gasteiger partial charge in [-0.1, -0.05) is 64.0 Å². The summed E-state index contributed by atoms with van der Waals surface area (Å²) < 4.78 is 22.6. The maximum Gasteiger partial charge on any atom is 0.472 e. The molecule has 0 rings (SSSR count). The van der Waals surface area contributed by atoms with E-state index in [1.807, 2.05) is 27.2 Å². The second-order valence-electron chi connectivity index (χ2n) is 9.10. The van der Waals surface area contributed by atoms with Gasteiger partial charge in [-0.3, -0.25) is 13.8 Å². The molecule has 3 N–H and O–H groups in total. The molecule has 0 radical (unpaired) electrons. The number of aliphatic hydroxyl groups is 1. The van der Waals surface area contributed by atoms with E-state index < -0.39 is 20.0 Å². The van der Waals surface area contributed by atoms with Gasteiger partial charge in [0.25, 0.3) is 0 Å². The number of hydrogen-bond donors (Lipinski definition) is 3. The van der Waals surface area contributed by atoms with Gasteiger partial charge in [0.2, 0.25) is 5.91 Å². The lowest BCUT2D eigenvalue weighted by Gasteiger charge is -2.25. The lowest BCUT2D eigenvalue weighted by molar-refractivity contribution is -0.870. The van der Waals surface area contributed by atoms with Crippen molar-refractivity contribution in [2.75, 3.05) is 40.9 Å². The number of likely N-dealkylation sites (N-methyl/N-ethyl adjacent to an activating group) is 1. The molecule has 0 aromatic carbocycles. The van der Waals surface area contributed by atoms with Gasteiger partial charge >= 0.3 is 7.82 Å². The second-order valence-corrected chi connectivity index (χ2v) is 10.6. The number of carbonyl (C=O) groups is 1. The first-order valence-electron chi connectivity index (χ1n) is 11.5. The second kappa shape index (κ2) is 16.8. The lowest BCUT2D eigenvalue weighted by atomic mass is 10.1. The normalized spacial score (nSPS) is 16.2. The Balaban J connectivity index is 4.32. The lowest BCUT2D eigenvalue weighted by Crippen LogP contribution is -2.44. The van der Waals surface area contributed by atoms with E-state index in [1.165, 1.54) is 45.4 Å². The number of hydrogen-bond acceptors (Lipinski definition) is 5. The van der Waals surface area contributed by atoms with Crippen molar-refractivity contribution < 1.29 is 32.9 Å². The van der Waals surface area contributed by atoms with Crippen LogP contribution in [-0.2, 0) is 18.4 Å². The van der Waals surface area contributed by atoms with Crippen LogP contribution in [0, 0.1) is 0 Å². The van der Waals surface area contributed by atoms with Gasteiger partial charge in [-0.25, -0.2) is 4.57 Å². The Labute approximate surface area is 189 Å². The molecule has 3 atom stereocenters. The zero-order valence-corrected chi connectivity index (χ0v) is 21.1. The number of allylic oxidation sites excluding steroid dienone is 1. The number of phosphoric ester groups is 1. The Morgan fingerprint density at radius 2 is 1.65 bits per heavy atom. The van der Waals surface area contributed by atoms with Gasteiger partial charge in [0.05, 0.1) is 39.9 Å². The van der Waals surface area contributed by atoms with Crippen LogP contribution in [0.2, 0.25) is 0 Å². The van der Waals surface area contributed by atoms with Crippen molar-refractivity contribution in [3.8, 4) is 0 Å². The molecule has 31 heavy (non-hydrogen) atoms. The summed E-state index contributed by atoms with van der Waals surface area (Å²) in [4.78, 5) is 21.3. The van der Waals surface area contributed by atoms with E-state index in [9.17, 15) is 19.4 Å². The average molecular weight is 466 g/mol. The highest BCUT2D eigenvalue weighted by Crippen LogP contribution is 2.43. The molecule has 184 valence electrons. The summed E-state index contributed by atoms with van der Waals surface area (Å²) in [5.41, 5.74) is 0. The maximum atomic E-state index is 12.0. The van der Waals surface area contributed by atoms with Crippen molar-refractivity contribution >= 4 is 13.7 Å². The Bertz CT molecular complexity index is 551. The summed E-state index contributed by atoms with van der Waals surface area (Å²) in [7, 11) is 1.55. The average Bonchev–Trinajstić information content (AvgIpc) is 2.65. The Morgan fingerprint density at radius 1 is 1.06 bits per heavy atom. The first-order valence-corrected chi connectivity index (χ1v) is 13.0. The van der Waals surface area contributed by atoms with Crippen molar-refractivity contribution in [3.05, 3.63) is 12.2 Å². The predicted octanol–water partition coefficient (Wildman–Crippen LogP) is 3.78. The number of amides is 1.